The molecule has 0 unspecified atom stereocenters. The normalized spacial score (nSPS) is 13.1. The Morgan fingerprint density at radius 1 is 1.13 bits per heavy atom. The average Bonchev–Trinajstić information content (AvgIpc) is 2.99. The Kier molecular flexibility index (Phi) is 4.35. The minimum Gasteiger partial charge on any atom is -0.492 e. The monoisotopic (exact) mass is 339 g/mol. The van der Waals surface area contributed by atoms with Crippen LogP contribution in [0.15, 0.2) is 47.4 Å². The molecule has 0 fully saturated rings. The van der Waals surface area contributed by atoms with E-state index in [1.54, 1.807) is 18.2 Å². The van der Waals surface area contributed by atoms with Crippen LogP contribution in [0.25, 0.3) is 0 Å². The maximum atomic E-state index is 13.1. The Morgan fingerprint density at radius 3 is 2.78 bits per heavy atom. The molecule has 1 heterocycles. The first-order valence-electron chi connectivity index (χ1n) is 6.82. The van der Waals surface area contributed by atoms with Crippen LogP contribution in [0.2, 0.25) is 0 Å². The van der Waals surface area contributed by atoms with E-state index >= 15 is 0 Å². The highest BCUT2D eigenvalue weighted by molar-refractivity contribution is 7.89. The van der Waals surface area contributed by atoms with Crippen molar-refractivity contribution in [2.24, 2.45) is 0 Å². The van der Waals surface area contributed by atoms with Crippen molar-refractivity contribution in [2.45, 2.75) is 4.90 Å². The van der Waals surface area contributed by atoms with E-state index in [0.717, 1.165) is 6.07 Å². The third-order valence-corrected chi connectivity index (χ3v) is 4.57. The van der Waals surface area contributed by atoms with Crippen LogP contribution in [0.3, 0.4) is 0 Å². The van der Waals surface area contributed by atoms with Crippen molar-refractivity contribution in [2.75, 3.05) is 19.9 Å². The maximum absolute atomic E-state index is 13.1. The molecule has 0 saturated heterocycles. The number of ether oxygens (including phenoxy) is 3. The number of hydrogen-bond acceptors (Lipinski definition) is 5. The first-order valence-corrected chi connectivity index (χ1v) is 8.31. The molecule has 3 rings (SSSR count). The van der Waals surface area contributed by atoms with Gasteiger partial charge in [-0.15, -0.1) is 0 Å². The summed E-state index contributed by atoms with van der Waals surface area (Å²) in [5.41, 5.74) is 0. The molecule has 0 amide bonds. The summed E-state index contributed by atoms with van der Waals surface area (Å²) >= 11 is 0. The molecule has 8 heteroatoms. The average molecular weight is 339 g/mol. The number of halogens is 1. The lowest BCUT2D eigenvalue weighted by molar-refractivity contribution is 0.173. The number of benzene rings is 2. The fourth-order valence-corrected chi connectivity index (χ4v) is 3.07. The lowest BCUT2D eigenvalue weighted by Crippen LogP contribution is -2.28. The molecule has 6 nitrogen and oxygen atoms in total. The van der Waals surface area contributed by atoms with Gasteiger partial charge in [0.1, 0.15) is 18.2 Å². The molecule has 1 aliphatic rings. The van der Waals surface area contributed by atoms with Gasteiger partial charge in [-0.05, 0) is 30.3 Å². The summed E-state index contributed by atoms with van der Waals surface area (Å²) in [5.74, 6) is 1.16. The topological polar surface area (TPSA) is 73.9 Å². The van der Waals surface area contributed by atoms with Crippen LogP contribution in [-0.4, -0.2) is 28.4 Å². The smallest absolute Gasteiger partial charge is 0.240 e. The summed E-state index contributed by atoms with van der Waals surface area (Å²) in [4.78, 5) is -0.124. The molecule has 0 aromatic heterocycles. The van der Waals surface area contributed by atoms with E-state index in [1.807, 2.05) is 0 Å². The number of hydrogen-bond donors (Lipinski definition) is 1. The lowest BCUT2D eigenvalue weighted by atomic mass is 10.3. The Morgan fingerprint density at radius 2 is 1.96 bits per heavy atom. The molecule has 2 aromatic rings. The molecule has 0 saturated carbocycles. The van der Waals surface area contributed by atoms with Gasteiger partial charge in [-0.25, -0.2) is 17.5 Å². The summed E-state index contributed by atoms with van der Waals surface area (Å²) in [6.45, 7) is 0.341. The molecular formula is C15H14FNO5S. The van der Waals surface area contributed by atoms with Crippen molar-refractivity contribution in [3.05, 3.63) is 48.3 Å². The zero-order chi connectivity index (χ0) is 16.3. The number of nitrogens with one attached hydrogen (secondary N) is 1. The van der Waals surface area contributed by atoms with Crippen molar-refractivity contribution in [3.63, 3.8) is 0 Å². The largest absolute Gasteiger partial charge is 0.492 e. The highest BCUT2D eigenvalue weighted by Gasteiger charge is 2.15. The van der Waals surface area contributed by atoms with Crippen molar-refractivity contribution < 1.29 is 27.0 Å². The summed E-state index contributed by atoms with van der Waals surface area (Å²) < 4.78 is 55.2. The van der Waals surface area contributed by atoms with Gasteiger partial charge in [0.2, 0.25) is 16.8 Å². The van der Waals surface area contributed by atoms with Gasteiger partial charge in [0, 0.05) is 12.6 Å². The van der Waals surface area contributed by atoms with E-state index in [9.17, 15) is 12.8 Å². The molecule has 0 aliphatic carbocycles. The molecule has 0 spiro atoms. The van der Waals surface area contributed by atoms with Gasteiger partial charge in [-0.1, -0.05) is 6.07 Å². The van der Waals surface area contributed by atoms with Gasteiger partial charge in [0.15, 0.2) is 11.5 Å². The molecule has 23 heavy (non-hydrogen) atoms. The molecule has 0 radical (unpaired) electrons. The van der Waals surface area contributed by atoms with Gasteiger partial charge in [0.05, 0.1) is 4.90 Å². The van der Waals surface area contributed by atoms with E-state index < -0.39 is 15.8 Å². The van der Waals surface area contributed by atoms with Crippen LogP contribution in [0, 0.1) is 5.82 Å². The molecule has 0 bridgehead atoms. The van der Waals surface area contributed by atoms with E-state index in [4.69, 9.17) is 14.2 Å². The third kappa shape index (κ3) is 3.72. The van der Waals surface area contributed by atoms with Crippen LogP contribution in [0.5, 0.6) is 17.2 Å². The zero-order valence-corrected chi connectivity index (χ0v) is 12.8. The fraction of sp³-hybridized carbons (Fsp3) is 0.200. The molecule has 1 N–H and O–H groups in total. The van der Waals surface area contributed by atoms with E-state index in [-0.39, 0.29) is 24.8 Å². The molecule has 0 atom stereocenters. The molecule has 1 aliphatic heterocycles. The Labute approximate surface area is 132 Å². The SMILES string of the molecule is O=S(=O)(NCCOc1ccc2c(c1)OCO2)c1cccc(F)c1. The highest BCUT2D eigenvalue weighted by atomic mass is 32.2. The summed E-state index contributed by atoms with van der Waals surface area (Å²) in [6.07, 6.45) is 0. The molecule has 2 aromatic carbocycles. The van der Waals surface area contributed by atoms with Crippen LogP contribution < -0.4 is 18.9 Å². The highest BCUT2D eigenvalue weighted by Crippen LogP contribution is 2.34. The Balaban J connectivity index is 1.53. The van der Waals surface area contributed by atoms with Gasteiger partial charge in [-0.2, -0.15) is 0 Å². The predicted octanol–water partition coefficient (Wildman–Crippen LogP) is 1.91. The van der Waals surface area contributed by atoms with E-state index in [0.29, 0.717) is 17.2 Å². The second kappa shape index (κ2) is 6.43. The molecular weight excluding hydrogens is 325 g/mol. The summed E-state index contributed by atoms with van der Waals surface area (Å²) in [6, 6.07) is 9.90. The first kappa shape index (κ1) is 15.6. The third-order valence-electron chi connectivity index (χ3n) is 3.11. The van der Waals surface area contributed by atoms with E-state index in [1.165, 1.54) is 18.2 Å². The number of sulfonamides is 1. The quantitative estimate of drug-likeness (QED) is 0.814. The Hall–Kier alpha value is -2.32. The maximum Gasteiger partial charge on any atom is 0.240 e. The fourth-order valence-electron chi connectivity index (χ4n) is 2.03. The summed E-state index contributed by atoms with van der Waals surface area (Å²) in [7, 11) is -3.76. The second-order valence-corrected chi connectivity index (χ2v) is 6.49. The molecule has 122 valence electrons. The predicted molar refractivity (Wildman–Crippen MR) is 79.6 cm³/mol. The van der Waals surface area contributed by atoms with Gasteiger partial charge in [-0.3, -0.25) is 0 Å². The van der Waals surface area contributed by atoms with Crippen molar-refractivity contribution in [3.8, 4) is 17.2 Å². The standard InChI is InChI=1S/C15H14FNO5S/c16-11-2-1-3-13(8-11)23(18,19)17-6-7-20-12-4-5-14-15(9-12)22-10-21-14/h1-5,8-9,17H,6-7,10H2. The van der Waals surface area contributed by atoms with Crippen molar-refractivity contribution in [1.29, 1.82) is 0 Å². The summed E-state index contributed by atoms with van der Waals surface area (Å²) in [5, 5.41) is 0. The van der Waals surface area contributed by atoms with Crippen molar-refractivity contribution in [1.82, 2.24) is 4.72 Å². The number of rotatable bonds is 6. The Bertz CT molecular complexity index is 809. The van der Waals surface area contributed by atoms with Crippen LogP contribution in [-0.2, 0) is 10.0 Å². The van der Waals surface area contributed by atoms with Gasteiger partial charge >= 0.3 is 0 Å². The van der Waals surface area contributed by atoms with Crippen LogP contribution >= 0.6 is 0 Å². The first-order chi connectivity index (χ1) is 11.0. The minimum atomic E-state index is -3.76. The van der Waals surface area contributed by atoms with Crippen LogP contribution in [0.1, 0.15) is 0 Å². The zero-order valence-electron chi connectivity index (χ0n) is 12.0. The van der Waals surface area contributed by atoms with Gasteiger partial charge in [0.25, 0.3) is 0 Å². The van der Waals surface area contributed by atoms with Crippen LogP contribution in [0.4, 0.5) is 4.39 Å². The second-order valence-electron chi connectivity index (χ2n) is 4.72. The van der Waals surface area contributed by atoms with Gasteiger partial charge < -0.3 is 14.2 Å². The lowest BCUT2D eigenvalue weighted by Gasteiger charge is -2.09. The van der Waals surface area contributed by atoms with E-state index in [2.05, 4.69) is 4.72 Å². The minimum absolute atomic E-state index is 0.0489. The number of fused-ring (bicyclic) bond motifs is 1. The van der Waals surface area contributed by atoms with Crippen molar-refractivity contribution >= 4 is 10.0 Å².